The van der Waals surface area contributed by atoms with E-state index in [-0.39, 0.29) is 23.9 Å². The molecule has 1 N–H and O–H groups in total. The highest BCUT2D eigenvalue weighted by molar-refractivity contribution is 7.92. The number of hydrogen-bond acceptors (Lipinski definition) is 7. The standard InChI is InChI=1S/C26H37N3O7S/c1-7-8-15-27-26(31)19(2)28(17-20-9-11-21(34-3)12-10-20)25(30)18-29(37(6,32)33)23-16-22(35-4)13-14-24(23)36-5/h9-14,16,19H,7-8,15,17-18H2,1-6H3,(H,27,31)/t19-/m1/s1. The van der Waals surface area contributed by atoms with Crippen LogP contribution in [0.2, 0.25) is 0 Å². The van der Waals surface area contributed by atoms with Crippen molar-refractivity contribution in [3.63, 3.8) is 0 Å². The quantitative estimate of drug-likeness (QED) is 0.370. The van der Waals surface area contributed by atoms with Crippen LogP contribution in [0.1, 0.15) is 32.3 Å². The maximum absolute atomic E-state index is 13.7. The van der Waals surface area contributed by atoms with Gasteiger partial charge in [-0.1, -0.05) is 25.5 Å². The van der Waals surface area contributed by atoms with Crippen LogP contribution in [0.15, 0.2) is 42.5 Å². The van der Waals surface area contributed by atoms with E-state index in [9.17, 15) is 18.0 Å². The third-order valence-electron chi connectivity index (χ3n) is 5.84. The van der Waals surface area contributed by atoms with Gasteiger partial charge in [-0.05, 0) is 43.2 Å². The lowest BCUT2D eigenvalue weighted by Gasteiger charge is -2.32. The number of hydrogen-bond donors (Lipinski definition) is 1. The van der Waals surface area contributed by atoms with Crippen LogP contribution in [0.25, 0.3) is 0 Å². The molecule has 0 aliphatic carbocycles. The van der Waals surface area contributed by atoms with Crippen LogP contribution in [0.4, 0.5) is 5.69 Å². The summed E-state index contributed by atoms with van der Waals surface area (Å²) in [4.78, 5) is 27.9. The minimum Gasteiger partial charge on any atom is -0.497 e. The van der Waals surface area contributed by atoms with Gasteiger partial charge in [0.15, 0.2) is 0 Å². The summed E-state index contributed by atoms with van der Waals surface area (Å²) in [5.74, 6) is 0.437. The summed E-state index contributed by atoms with van der Waals surface area (Å²) in [6.45, 7) is 3.69. The molecule has 0 aliphatic heterocycles. The van der Waals surface area contributed by atoms with Crippen LogP contribution in [0.3, 0.4) is 0 Å². The molecule has 2 aromatic carbocycles. The molecule has 2 rings (SSSR count). The van der Waals surface area contributed by atoms with Crippen molar-refractivity contribution >= 4 is 27.5 Å². The molecule has 10 nitrogen and oxygen atoms in total. The van der Waals surface area contributed by atoms with Crippen molar-refractivity contribution in [3.05, 3.63) is 48.0 Å². The fraction of sp³-hybridized carbons (Fsp3) is 0.462. The van der Waals surface area contributed by atoms with E-state index in [2.05, 4.69) is 5.32 Å². The van der Waals surface area contributed by atoms with Gasteiger partial charge in [0.2, 0.25) is 21.8 Å². The second kappa shape index (κ2) is 13.7. The first-order valence-electron chi connectivity index (χ1n) is 12.0. The smallest absolute Gasteiger partial charge is 0.244 e. The predicted molar refractivity (Wildman–Crippen MR) is 143 cm³/mol. The van der Waals surface area contributed by atoms with E-state index < -0.39 is 28.5 Å². The van der Waals surface area contributed by atoms with Crippen molar-refractivity contribution < 1.29 is 32.2 Å². The molecule has 0 unspecified atom stereocenters. The number of methoxy groups -OCH3 is 3. The number of ether oxygens (including phenoxy) is 3. The zero-order valence-electron chi connectivity index (χ0n) is 22.3. The number of sulfonamides is 1. The van der Waals surface area contributed by atoms with Crippen molar-refractivity contribution in [1.82, 2.24) is 10.2 Å². The second-order valence-corrected chi connectivity index (χ2v) is 10.4. The van der Waals surface area contributed by atoms with Gasteiger partial charge in [-0.3, -0.25) is 13.9 Å². The van der Waals surface area contributed by atoms with E-state index in [0.29, 0.717) is 18.0 Å². The molecule has 2 amide bonds. The van der Waals surface area contributed by atoms with Crippen molar-refractivity contribution in [3.8, 4) is 17.2 Å². The molecule has 0 aliphatic rings. The molecule has 0 heterocycles. The van der Waals surface area contributed by atoms with Crippen molar-refractivity contribution in [2.75, 3.05) is 45.0 Å². The zero-order chi connectivity index (χ0) is 27.6. The number of unbranched alkanes of at least 4 members (excludes halogenated alkanes) is 1. The van der Waals surface area contributed by atoms with Crippen LogP contribution in [0.5, 0.6) is 17.2 Å². The molecule has 0 fully saturated rings. The summed E-state index contributed by atoms with van der Waals surface area (Å²) in [7, 11) is 0.504. The van der Waals surface area contributed by atoms with Gasteiger partial charge in [-0.2, -0.15) is 0 Å². The van der Waals surface area contributed by atoms with Crippen LogP contribution < -0.4 is 23.8 Å². The number of nitrogens with zero attached hydrogens (tertiary/aromatic N) is 2. The van der Waals surface area contributed by atoms with Gasteiger partial charge in [0.05, 0.1) is 33.3 Å². The third-order valence-corrected chi connectivity index (χ3v) is 6.97. The first-order valence-corrected chi connectivity index (χ1v) is 13.8. The van der Waals surface area contributed by atoms with Crippen LogP contribution in [-0.2, 0) is 26.2 Å². The monoisotopic (exact) mass is 535 g/mol. The van der Waals surface area contributed by atoms with Crippen molar-refractivity contribution in [2.24, 2.45) is 0 Å². The first-order chi connectivity index (χ1) is 17.5. The number of carbonyl (C=O) groups is 2. The number of benzene rings is 2. The minimum absolute atomic E-state index is 0.0953. The summed E-state index contributed by atoms with van der Waals surface area (Å²) >= 11 is 0. The van der Waals surface area contributed by atoms with E-state index >= 15 is 0 Å². The molecule has 37 heavy (non-hydrogen) atoms. The molecular formula is C26H37N3O7S. The van der Waals surface area contributed by atoms with Crippen LogP contribution >= 0.6 is 0 Å². The number of amides is 2. The molecule has 0 bridgehead atoms. The van der Waals surface area contributed by atoms with Crippen molar-refractivity contribution in [2.45, 2.75) is 39.3 Å². The van der Waals surface area contributed by atoms with Crippen LogP contribution in [0, 0.1) is 0 Å². The Morgan fingerprint density at radius 3 is 2.14 bits per heavy atom. The Morgan fingerprint density at radius 2 is 1.59 bits per heavy atom. The molecule has 11 heteroatoms. The molecule has 0 radical (unpaired) electrons. The molecule has 0 saturated carbocycles. The minimum atomic E-state index is -3.92. The first kappa shape index (κ1) is 29.8. The van der Waals surface area contributed by atoms with Gasteiger partial charge in [-0.25, -0.2) is 8.42 Å². The summed E-state index contributed by atoms with van der Waals surface area (Å²) in [6, 6.07) is 10.9. The molecule has 1 atom stereocenters. The summed E-state index contributed by atoms with van der Waals surface area (Å²) in [6.07, 6.45) is 2.73. The lowest BCUT2D eigenvalue weighted by Crippen LogP contribution is -2.51. The van der Waals surface area contributed by atoms with E-state index in [0.717, 1.165) is 29.0 Å². The molecule has 0 spiro atoms. The van der Waals surface area contributed by atoms with Gasteiger partial charge in [0.25, 0.3) is 0 Å². The normalized spacial score (nSPS) is 11.8. The molecular weight excluding hydrogens is 498 g/mol. The Morgan fingerprint density at radius 1 is 0.973 bits per heavy atom. The molecule has 204 valence electrons. The van der Waals surface area contributed by atoms with Gasteiger partial charge in [-0.15, -0.1) is 0 Å². The van der Waals surface area contributed by atoms with E-state index in [1.54, 1.807) is 50.4 Å². The molecule has 2 aromatic rings. The predicted octanol–water partition coefficient (Wildman–Crippen LogP) is 2.81. The fourth-order valence-corrected chi connectivity index (χ4v) is 4.48. The third kappa shape index (κ3) is 8.28. The Labute approximate surface area is 219 Å². The average molecular weight is 536 g/mol. The van der Waals surface area contributed by atoms with Crippen molar-refractivity contribution in [1.29, 1.82) is 0 Å². The molecule has 0 aromatic heterocycles. The van der Waals surface area contributed by atoms with Gasteiger partial charge >= 0.3 is 0 Å². The number of anilines is 1. The number of nitrogens with one attached hydrogen (secondary N) is 1. The zero-order valence-corrected chi connectivity index (χ0v) is 23.1. The Balaban J connectivity index is 2.44. The number of carbonyl (C=O) groups excluding carboxylic acids is 2. The van der Waals surface area contributed by atoms with Crippen LogP contribution in [-0.4, -0.2) is 71.8 Å². The topological polar surface area (TPSA) is 114 Å². The Kier molecular flexibility index (Phi) is 11.0. The summed E-state index contributed by atoms with van der Waals surface area (Å²) in [5, 5.41) is 2.85. The highest BCUT2D eigenvalue weighted by Crippen LogP contribution is 2.34. The largest absolute Gasteiger partial charge is 0.497 e. The average Bonchev–Trinajstić information content (AvgIpc) is 2.89. The van der Waals surface area contributed by atoms with Gasteiger partial charge in [0.1, 0.15) is 29.8 Å². The Hall–Kier alpha value is -3.47. The Bertz CT molecular complexity index is 1150. The maximum Gasteiger partial charge on any atom is 0.244 e. The number of rotatable bonds is 14. The van der Waals surface area contributed by atoms with E-state index in [1.165, 1.54) is 25.2 Å². The lowest BCUT2D eigenvalue weighted by atomic mass is 10.1. The van der Waals surface area contributed by atoms with E-state index in [4.69, 9.17) is 14.2 Å². The fourth-order valence-electron chi connectivity index (χ4n) is 3.63. The maximum atomic E-state index is 13.7. The van der Waals surface area contributed by atoms with E-state index in [1.807, 2.05) is 6.92 Å². The SMILES string of the molecule is CCCCNC(=O)[C@@H](C)N(Cc1ccc(OC)cc1)C(=O)CN(c1cc(OC)ccc1OC)S(C)(=O)=O. The highest BCUT2D eigenvalue weighted by Gasteiger charge is 2.31. The molecule has 0 saturated heterocycles. The summed E-state index contributed by atoms with van der Waals surface area (Å²) in [5.41, 5.74) is 0.911. The second-order valence-electron chi connectivity index (χ2n) is 8.50. The highest BCUT2D eigenvalue weighted by atomic mass is 32.2. The lowest BCUT2D eigenvalue weighted by molar-refractivity contribution is -0.139. The van der Waals surface area contributed by atoms with Gasteiger partial charge < -0.3 is 24.4 Å². The van der Waals surface area contributed by atoms with Gasteiger partial charge in [0, 0.05) is 19.2 Å². The summed E-state index contributed by atoms with van der Waals surface area (Å²) < 4.78 is 42.4.